The number of halogens is 3. The van der Waals surface area contributed by atoms with E-state index in [1.165, 1.54) is 6.07 Å². The Morgan fingerprint density at radius 1 is 1.20 bits per heavy atom. The van der Waals surface area contributed by atoms with E-state index in [0.717, 1.165) is 49.4 Å². The Balaban J connectivity index is 0.00000320. The predicted octanol–water partition coefficient (Wildman–Crippen LogP) is 3.50. The number of benzene rings is 1. The molecular formula is C21H28F2IN5O. The van der Waals surface area contributed by atoms with Crippen LogP contribution in [-0.2, 0) is 0 Å². The van der Waals surface area contributed by atoms with E-state index in [2.05, 4.69) is 37.6 Å². The van der Waals surface area contributed by atoms with Crippen LogP contribution in [0.4, 0.5) is 14.6 Å². The summed E-state index contributed by atoms with van der Waals surface area (Å²) < 4.78 is 31.5. The van der Waals surface area contributed by atoms with Crippen LogP contribution in [0, 0.1) is 18.6 Å². The molecule has 9 heteroatoms. The van der Waals surface area contributed by atoms with Crippen LogP contribution < -0.4 is 20.3 Å². The molecule has 3 rings (SSSR count). The van der Waals surface area contributed by atoms with Gasteiger partial charge in [0.05, 0.1) is 6.54 Å². The minimum atomic E-state index is -0.917. The number of piperidine rings is 1. The van der Waals surface area contributed by atoms with Crippen LogP contribution in [0.2, 0.25) is 0 Å². The lowest BCUT2D eigenvalue weighted by Crippen LogP contribution is -2.49. The summed E-state index contributed by atoms with van der Waals surface area (Å²) >= 11 is 0. The second-order valence-electron chi connectivity index (χ2n) is 7.02. The van der Waals surface area contributed by atoms with E-state index >= 15 is 0 Å². The number of anilines is 1. The van der Waals surface area contributed by atoms with Crippen LogP contribution in [0.15, 0.2) is 41.5 Å². The smallest absolute Gasteiger partial charge is 0.191 e. The molecule has 2 heterocycles. The van der Waals surface area contributed by atoms with Crippen LogP contribution >= 0.6 is 24.0 Å². The first kappa shape index (κ1) is 24.1. The van der Waals surface area contributed by atoms with Gasteiger partial charge in [0.15, 0.2) is 17.6 Å². The van der Waals surface area contributed by atoms with Crippen molar-refractivity contribution in [1.29, 1.82) is 0 Å². The van der Waals surface area contributed by atoms with Crippen molar-refractivity contribution >= 4 is 35.8 Å². The number of nitrogens with zero attached hydrogens (tertiary/aromatic N) is 3. The first-order valence-corrected chi connectivity index (χ1v) is 9.78. The van der Waals surface area contributed by atoms with Gasteiger partial charge in [-0.1, -0.05) is 6.07 Å². The second kappa shape index (κ2) is 11.9. The largest absolute Gasteiger partial charge is 0.492 e. The molecule has 1 fully saturated rings. The van der Waals surface area contributed by atoms with Crippen LogP contribution in [0.5, 0.6) is 5.75 Å². The van der Waals surface area contributed by atoms with Gasteiger partial charge in [-0.25, -0.2) is 13.8 Å². The molecule has 0 aliphatic carbocycles. The fraction of sp³-hybridized carbons (Fsp3) is 0.429. The highest BCUT2D eigenvalue weighted by Gasteiger charge is 2.20. The second-order valence-corrected chi connectivity index (χ2v) is 7.02. The van der Waals surface area contributed by atoms with Gasteiger partial charge in [-0.15, -0.1) is 24.0 Å². The van der Waals surface area contributed by atoms with Crippen molar-refractivity contribution in [2.45, 2.75) is 25.8 Å². The van der Waals surface area contributed by atoms with E-state index in [9.17, 15) is 8.78 Å². The van der Waals surface area contributed by atoms with Gasteiger partial charge in [-0.3, -0.25) is 4.99 Å². The summed E-state index contributed by atoms with van der Waals surface area (Å²) in [5.74, 6) is 0.215. The van der Waals surface area contributed by atoms with E-state index in [4.69, 9.17) is 4.74 Å². The first-order valence-electron chi connectivity index (χ1n) is 9.78. The van der Waals surface area contributed by atoms with Crippen molar-refractivity contribution in [3.05, 3.63) is 53.7 Å². The Hall–Kier alpha value is -2.17. The number of pyridine rings is 1. The molecule has 0 bridgehead atoms. The summed E-state index contributed by atoms with van der Waals surface area (Å²) in [7, 11) is 1.72. The zero-order valence-corrected chi connectivity index (χ0v) is 19.5. The molecule has 1 saturated heterocycles. The third-order valence-electron chi connectivity index (χ3n) is 4.83. The number of guanidine groups is 1. The van der Waals surface area contributed by atoms with Crippen molar-refractivity contribution in [2.75, 3.05) is 38.2 Å². The Labute approximate surface area is 193 Å². The van der Waals surface area contributed by atoms with E-state index in [1.54, 1.807) is 7.05 Å². The number of hydrogen-bond donors (Lipinski definition) is 2. The van der Waals surface area contributed by atoms with Crippen molar-refractivity contribution in [2.24, 2.45) is 4.99 Å². The molecule has 30 heavy (non-hydrogen) atoms. The Kier molecular flexibility index (Phi) is 9.54. The van der Waals surface area contributed by atoms with Gasteiger partial charge in [-0.2, -0.15) is 0 Å². The molecule has 1 aromatic heterocycles. The highest BCUT2D eigenvalue weighted by Crippen LogP contribution is 2.18. The number of ether oxygens (including phenoxy) is 1. The number of aryl methyl sites for hydroxylation is 1. The molecule has 0 atom stereocenters. The summed E-state index contributed by atoms with van der Waals surface area (Å²) in [6.45, 7) is 4.70. The maximum Gasteiger partial charge on any atom is 0.191 e. The fourth-order valence-electron chi connectivity index (χ4n) is 3.19. The number of rotatable bonds is 6. The molecule has 0 saturated carbocycles. The molecule has 2 aromatic rings. The topological polar surface area (TPSA) is 61.8 Å². The Morgan fingerprint density at radius 3 is 2.60 bits per heavy atom. The number of nitrogens with one attached hydrogen (secondary N) is 2. The molecule has 1 aromatic carbocycles. The minimum Gasteiger partial charge on any atom is -0.492 e. The van der Waals surface area contributed by atoms with Gasteiger partial charge < -0.3 is 20.3 Å². The maximum atomic E-state index is 13.2. The highest BCUT2D eigenvalue weighted by atomic mass is 127. The average molecular weight is 531 g/mol. The number of hydrogen-bond acceptors (Lipinski definition) is 4. The van der Waals surface area contributed by atoms with Crippen LogP contribution in [0.3, 0.4) is 0 Å². The highest BCUT2D eigenvalue weighted by molar-refractivity contribution is 14.0. The zero-order chi connectivity index (χ0) is 20.6. The molecule has 1 aliphatic rings. The molecule has 0 radical (unpaired) electrons. The monoisotopic (exact) mass is 531 g/mol. The minimum absolute atomic E-state index is 0. The normalized spacial score (nSPS) is 14.8. The van der Waals surface area contributed by atoms with Crippen LogP contribution in [0.25, 0.3) is 0 Å². The van der Waals surface area contributed by atoms with Crippen molar-refractivity contribution in [3.63, 3.8) is 0 Å². The summed E-state index contributed by atoms with van der Waals surface area (Å²) in [6, 6.07) is 7.98. The van der Waals surface area contributed by atoms with Crippen molar-refractivity contribution in [1.82, 2.24) is 15.6 Å². The van der Waals surface area contributed by atoms with Crippen LogP contribution in [0.1, 0.15) is 18.4 Å². The molecule has 6 nitrogen and oxygen atoms in total. The summed E-state index contributed by atoms with van der Waals surface area (Å²) in [6.07, 6.45) is 3.87. The number of aliphatic imine (C=N–C) groups is 1. The summed E-state index contributed by atoms with van der Waals surface area (Å²) in [4.78, 5) is 11.0. The van der Waals surface area contributed by atoms with E-state index in [-0.39, 0.29) is 24.0 Å². The fourth-order valence-corrected chi connectivity index (χ4v) is 3.19. The lowest BCUT2D eigenvalue weighted by atomic mass is 10.1. The molecule has 0 unspecified atom stereocenters. The first-order chi connectivity index (χ1) is 14.0. The van der Waals surface area contributed by atoms with E-state index in [0.29, 0.717) is 30.9 Å². The molecule has 2 N–H and O–H groups in total. The van der Waals surface area contributed by atoms with Gasteiger partial charge in [0.2, 0.25) is 0 Å². The van der Waals surface area contributed by atoms with Gasteiger partial charge in [0, 0.05) is 38.4 Å². The average Bonchev–Trinajstić information content (AvgIpc) is 2.74. The van der Waals surface area contributed by atoms with Gasteiger partial charge in [0.25, 0.3) is 0 Å². The molecule has 0 spiro atoms. The third-order valence-corrected chi connectivity index (χ3v) is 4.83. The quantitative estimate of drug-likeness (QED) is 0.259. The Bertz CT molecular complexity index is 827. The molecule has 0 amide bonds. The third kappa shape index (κ3) is 6.96. The molecular weight excluding hydrogens is 503 g/mol. The number of aromatic nitrogens is 1. The van der Waals surface area contributed by atoms with E-state index < -0.39 is 11.6 Å². The Morgan fingerprint density at radius 2 is 1.97 bits per heavy atom. The van der Waals surface area contributed by atoms with Gasteiger partial charge in [-0.05, 0) is 43.5 Å². The predicted molar refractivity (Wildman–Crippen MR) is 126 cm³/mol. The van der Waals surface area contributed by atoms with Gasteiger partial charge in [0.1, 0.15) is 18.2 Å². The lowest BCUT2D eigenvalue weighted by molar-refractivity contribution is 0.318. The lowest BCUT2D eigenvalue weighted by Gasteiger charge is -2.33. The SMILES string of the molecule is CN=C(NCCOc1ccc(F)c(F)c1)NC1CCN(c2ccc(C)cn2)CC1.I. The summed E-state index contributed by atoms with van der Waals surface area (Å²) in [5, 5.41) is 6.61. The molecule has 1 aliphatic heterocycles. The van der Waals surface area contributed by atoms with Crippen LogP contribution in [-0.4, -0.2) is 50.3 Å². The summed E-state index contributed by atoms with van der Waals surface area (Å²) in [5.41, 5.74) is 1.16. The van der Waals surface area contributed by atoms with Crippen molar-refractivity contribution < 1.29 is 13.5 Å². The van der Waals surface area contributed by atoms with Gasteiger partial charge >= 0.3 is 0 Å². The zero-order valence-electron chi connectivity index (χ0n) is 17.2. The van der Waals surface area contributed by atoms with Crippen molar-refractivity contribution in [3.8, 4) is 5.75 Å². The van der Waals surface area contributed by atoms with E-state index in [1.807, 2.05) is 13.1 Å². The maximum absolute atomic E-state index is 13.2. The standard InChI is InChI=1S/C21H27F2N5O.HI/c1-15-3-6-20(26-14-15)28-10-7-16(8-11-28)27-21(24-2)25-9-12-29-17-4-5-18(22)19(23)13-17;/h3-6,13-14,16H,7-12H2,1-2H3,(H2,24,25,27);1H. The molecule has 164 valence electrons.